The van der Waals surface area contributed by atoms with Gasteiger partial charge in [0.25, 0.3) is 5.91 Å². The van der Waals surface area contributed by atoms with E-state index in [1.165, 1.54) is 42.3 Å². The molecule has 2 aromatic rings. The van der Waals surface area contributed by atoms with Crippen LogP contribution in [0.15, 0.2) is 42.5 Å². The molecule has 0 fully saturated rings. The molecule has 0 saturated heterocycles. The first-order valence-electron chi connectivity index (χ1n) is 7.73. The lowest BCUT2D eigenvalue weighted by Crippen LogP contribution is -2.35. The zero-order valence-corrected chi connectivity index (χ0v) is 14.1. The van der Waals surface area contributed by atoms with Crippen LogP contribution in [0, 0.1) is 28.5 Å². The summed E-state index contributed by atoms with van der Waals surface area (Å²) in [4.78, 5) is 13.9. The summed E-state index contributed by atoms with van der Waals surface area (Å²) in [7, 11) is 1.43. The van der Waals surface area contributed by atoms with Gasteiger partial charge in [-0.05, 0) is 36.4 Å². The van der Waals surface area contributed by atoms with Crippen molar-refractivity contribution in [3.8, 4) is 23.6 Å². The summed E-state index contributed by atoms with van der Waals surface area (Å²) in [5.41, 5.74) is 0.879. The molecule has 0 N–H and O–H groups in total. The molecular weight excluding hydrogens is 337 g/mol. The van der Waals surface area contributed by atoms with E-state index >= 15 is 0 Å². The first kappa shape index (κ1) is 18.8. The predicted molar refractivity (Wildman–Crippen MR) is 92.2 cm³/mol. The van der Waals surface area contributed by atoms with Gasteiger partial charge in [-0.1, -0.05) is 0 Å². The van der Waals surface area contributed by atoms with E-state index in [1.54, 1.807) is 12.1 Å². The minimum Gasteiger partial charge on any atom is -0.493 e. The second-order valence-electron chi connectivity index (χ2n) is 5.20. The maximum Gasteiger partial charge on any atom is 0.264 e. The lowest BCUT2D eigenvalue weighted by molar-refractivity contribution is -0.120. The zero-order valence-electron chi connectivity index (χ0n) is 14.1. The summed E-state index contributed by atoms with van der Waals surface area (Å²) in [5.74, 6) is -0.153. The number of halogens is 1. The van der Waals surface area contributed by atoms with Gasteiger partial charge in [-0.2, -0.15) is 10.5 Å². The van der Waals surface area contributed by atoms with Crippen LogP contribution < -0.4 is 14.4 Å². The molecule has 0 aliphatic rings. The highest BCUT2D eigenvalue weighted by Crippen LogP contribution is 2.28. The number of nitriles is 2. The lowest BCUT2D eigenvalue weighted by Gasteiger charge is -2.22. The van der Waals surface area contributed by atoms with E-state index in [9.17, 15) is 9.18 Å². The topological polar surface area (TPSA) is 86.3 Å². The van der Waals surface area contributed by atoms with E-state index < -0.39 is 11.7 Å². The fourth-order valence-corrected chi connectivity index (χ4v) is 2.25. The summed E-state index contributed by atoms with van der Waals surface area (Å²) in [6.07, 6.45) is 0.128. The number of methoxy groups -OCH3 is 1. The number of carbonyl (C=O) groups excluding carboxylic acids is 1. The Morgan fingerprint density at radius 3 is 2.50 bits per heavy atom. The molecule has 0 aliphatic carbocycles. The number of amides is 1. The Hall–Kier alpha value is -3.58. The molecular formula is C19H16FN3O3. The first-order valence-corrected chi connectivity index (χ1v) is 7.73. The van der Waals surface area contributed by atoms with Crippen molar-refractivity contribution >= 4 is 11.6 Å². The first-order chi connectivity index (χ1) is 12.6. The van der Waals surface area contributed by atoms with Crippen molar-refractivity contribution in [3.05, 3.63) is 53.8 Å². The molecule has 132 valence electrons. The molecule has 0 atom stereocenters. The van der Waals surface area contributed by atoms with Gasteiger partial charge in [0.05, 0.1) is 31.2 Å². The number of rotatable bonds is 7. The Morgan fingerprint density at radius 2 is 1.88 bits per heavy atom. The average molecular weight is 353 g/mol. The summed E-state index contributed by atoms with van der Waals surface area (Å²) in [6, 6.07) is 14.0. The quantitative estimate of drug-likeness (QED) is 0.764. The minimum atomic E-state index is -0.417. The van der Waals surface area contributed by atoms with Gasteiger partial charge >= 0.3 is 0 Å². The van der Waals surface area contributed by atoms with Gasteiger partial charge in [0.1, 0.15) is 5.82 Å². The third-order valence-corrected chi connectivity index (χ3v) is 3.53. The van der Waals surface area contributed by atoms with Crippen molar-refractivity contribution in [2.45, 2.75) is 6.42 Å². The third kappa shape index (κ3) is 4.71. The van der Waals surface area contributed by atoms with Crippen LogP contribution in [0.5, 0.6) is 11.5 Å². The van der Waals surface area contributed by atoms with E-state index in [0.717, 1.165) is 0 Å². The largest absolute Gasteiger partial charge is 0.493 e. The molecule has 2 rings (SSSR count). The van der Waals surface area contributed by atoms with Crippen LogP contribution in [0.25, 0.3) is 0 Å². The van der Waals surface area contributed by atoms with Gasteiger partial charge in [-0.15, -0.1) is 0 Å². The zero-order chi connectivity index (χ0) is 18.9. The van der Waals surface area contributed by atoms with Crippen LogP contribution >= 0.6 is 0 Å². The monoisotopic (exact) mass is 353 g/mol. The predicted octanol–water partition coefficient (Wildman–Crippen LogP) is 3.03. The number of benzene rings is 2. The molecule has 0 aliphatic heterocycles. The fourth-order valence-electron chi connectivity index (χ4n) is 2.25. The number of anilines is 1. The molecule has 0 bridgehead atoms. The molecule has 2 aromatic carbocycles. The molecule has 1 amide bonds. The maximum absolute atomic E-state index is 13.1. The van der Waals surface area contributed by atoms with Gasteiger partial charge in [-0.3, -0.25) is 4.79 Å². The average Bonchev–Trinajstić information content (AvgIpc) is 2.67. The molecule has 0 aromatic heterocycles. The Labute approximate surface area is 150 Å². The highest BCUT2D eigenvalue weighted by atomic mass is 19.1. The molecule has 7 heteroatoms. The Morgan fingerprint density at radius 1 is 1.15 bits per heavy atom. The molecule has 0 saturated carbocycles. The second kappa shape index (κ2) is 9.05. The van der Waals surface area contributed by atoms with Crippen LogP contribution in [0.1, 0.15) is 12.0 Å². The summed E-state index contributed by atoms with van der Waals surface area (Å²) in [5, 5.41) is 17.7. The Balaban J connectivity index is 2.13. The smallest absolute Gasteiger partial charge is 0.264 e. The van der Waals surface area contributed by atoms with E-state index in [1.807, 2.05) is 12.1 Å². The van der Waals surface area contributed by atoms with Crippen LogP contribution in [0.3, 0.4) is 0 Å². The summed E-state index contributed by atoms with van der Waals surface area (Å²) in [6.45, 7) is -0.139. The van der Waals surface area contributed by atoms with Crippen molar-refractivity contribution in [3.63, 3.8) is 0 Å². The highest BCUT2D eigenvalue weighted by Gasteiger charge is 2.17. The van der Waals surface area contributed by atoms with Crippen LogP contribution in [0.4, 0.5) is 10.1 Å². The van der Waals surface area contributed by atoms with Crippen molar-refractivity contribution in [1.29, 1.82) is 10.5 Å². The molecule has 0 radical (unpaired) electrons. The molecule has 26 heavy (non-hydrogen) atoms. The molecule has 0 unspecified atom stereocenters. The molecule has 0 spiro atoms. The van der Waals surface area contributed by atoms with Crippen molar-refractivity contribution in [1.82, 2.24) is 0 Å². The van der Waals surface area contributed by atoms with E-state index in [-0.39, 0.29) is 19.6 Å². The highest BCUT2D eigenvalue weighted by molar-refractivity contribution is 5.94. The Kier molecular flexibility index (Phi) is 6.53. The van der Waals surface area contributed by atoms with Crippen molar-refractivity contribution in [2.24, 2.45) is 0 Å². The Bertz CT molecular complexity index is 854. The number of hydrogen-bond acceptors (Lipinski definition) is 5. The number of nitrogens with zero attached hydrogens (tertiary/aromatic N) is 3. The normalized spacial score (nSPS) is 9.69. The standard InChI is InChI=1S/C19H16FN3O3/c1-25-18-11-14(12-22)3-8-17(18)26-13-19(24)23(10-2-9-21)16-6-4-15(20)5-7-16/h3-8,11H,2,10,13H2,1H3. The van der Waals surface area contributed by atoms with E-state index in [4.69, 9.17) is 20.0 Å². The lowest BCUT2D eigenvalue weighted by atomic mass is 10.2. The third-order valence-electron chi connectivity index (χ3n) is 3.53. The SMILES string of the molecule is COc1cc(C#N)ccc1OCC(=O)N(CCC#N)c1ccc(F)cc1. The number of carbonyl (C=O) groups is 1. The number of ether oxygens (including phenoxy) is 2. The molecule has 6 nitrogen and oxygen atoms in total. The summed E-state index contributed by atoms with van der Waals surface area (Å²) < 4.78 is 23.8. The van der Waals surface area contributed by atoms with Crippen LogP contribution in [-0.4, -0.2) is 26.2 Å². The molecule has 0 heterocycles. The van der Waals surface area contributed by atoms with Crippen molar-refractivity contribution < 1.29 is 18.7 Å². The van der Waals surface area contributed by atoms with Gasteiger partial charge in [0.2, 0.25) is 0 Å². The van der Waals surface area contributed by atoms with Crippen molar-refractivity contribution in [2.75, 3.05) is 25.2 Å². The second-order valence-corrected chi connectivity index (χ2v) is 5.20. The van der Waals surface area contributed by atoms with Gasteiger partial charge in [-0.25, -0.2) is 4.39 Å². The minimum absolute atomic E-state index is 0.128. The maximum atomic E-state index is 13.1. The summed E-state index contributed by atoms with van der Waals surface area (Å²) >= 11 is 0. The van der Waals surface area contributed by atoms with Gasteiger partial charge in [0, 0.05) is 18.3 Å². The van der Waals surface area contributed by atoms with E-state index in [0.29, 0.717) is 22.7 Å². The van der Waals surface area contributed by atoms with E-state index in [2.05, 4.69) is 0 Å². The fraction of sp³-hybridized carbons (Fsp3) is 0.211. The van der Waals surface area contributed by atoms with Crippen LogP contribution in [0.2, 0.25) is 0 Å². The van der Waals surface area contributed by atoms with Gasteiger partial charge < -0.3 is 14.4 Å². The van der Waals surface area contributed by atoms with Gasteiger partial charge in [0.15, 0.2) is 18.1 Å². The van der Waals surface area contributed by atoms with Crippen LogP contribution in [-0.2, 0) is 4.79 Å². The number of hydrogen-bond donors (Lipinski definition) is 0.